The van der Waals surface area contributed by atoms with Crippen LogP contribution < -0.4 is 5.32 Å². The number of carbonyl (C=O) groups is 3. The average molecular weight is 596 g/mol. The highest BCUT2D eigenvalue weighted by Gasteiger charge is 2.26. The zero-order valence-corrected chi connectivity index (χ0v) is 27.2. The zero-order chi connectivity index (χ0) is 31.9. The number of amides is 2. The third-order valence-corrected chi connectivity index (χ3v) is 8.76. The Morgan fingerprint density at radius 3 is 2.32 bits per heavy atom. The van der Waals surface area contributed by atoms with E-state index < -0.39 is 0 Å². The number of Topliss-reactive ketones (excluding diaryl/α,β-unsaturated/α-hetero) is 1. The number of rotatable bonds is 13. The van der Waals surface area contributed by atoms with Gasteiger partial charge in [0.15, 0.2) is 0 Å². The number of benzene rings is 2. The van der Waals surface area contributed by atoms with Crippen LogP contribution in [0.4, 0.5) is 0 Å². The second kappa shape index (κ2) is 14.8. The smallest absolute Gasteiger partial charge is 0.255 e. The molecule has 2 N–H and O–H groups in total. The summed E-state index contributed by atoms with van der Waals surface area (Å²) in [4.78, 5) is 39.5. The van der Waals surface area contributed by atoms with E-state index in [4.69, 9.17) is 5.41 Å². The molecule has 6 heteroatoms. The highest BCUT2D eigenvalue weighted by Crippen LogP contribution is 2.30. The van der Waals surface area contributed by atoms with Crippen molar-refractivity contribution in [2.75, 3.05) is 13.1 Å². The molecular formula is C38H49N3O3. The molecule has 2 aliphatic rings. The van der Waals surface area contributed by atoms with Gasteiger partial charge in [0, 0.05) is 54.4 Å². The molecule has 1 aliphatic carbocycles. The summed E-state index contributed by atoms with van der Waals surface area (Å²) in [6, 6.07) is 15.5. The number of nitrogens with zero attached hydrogens (tertiary/aromatic N) is 1. The van der Waals surface area contributed by atoms with Crippen LogP contribution in [0.15, 0.2) is 72.0 Å². The van der Waals surface area contributed by atoms with Crippen LogP contribution in [0.2, 0.25) is 0 Å². The van der Waals surface area contributed by atoms with E-state index in [0.29, 0.717) is 43.0 Å². The summed E-state index contributed by atoms with van der Waals surface area (Å²) in [6.45, 7) is 11.8. The standard InChI is InChI=1S/C38H49N3O3/c1-26(2)24-38(4,5)25-34(39)22-29-11-14-32(15-12-29)36(43)40-35-16-13-30(23-35)10-9-28-7-6-8-33(21-28)37(44)41-19-17-31(18-20-41)27(3)42/h6-8,11-16,21,26,31,39H,9-10,17-20,22-25H2,1-5H3,(H,40,43). The highest BCUT2D eigenvalue weighted by atomic mass is 16.2. The number of allylic oxidation sites excluding steroid dienone is 3. The highest BCUT2D eigenvalue weighted by molar-refractivity contribution is 5.96. The lowest BCUT2D eigenvalue weighted by molar-refractivity contribution is -0.121. The van der Waals surface area contributed by atoms with Gasteiger partial charge in [-0.1, -0.05) is 63.6 Å². The number of likely N-dealkylation sites (tertiary alicyclic amines) is 1. The SMILES string of the molecule is CC(=O)C1CCN(C(=O)c2cccc(CCC3=CC=C(NC(=O)c4ccc(CC(=N)CC(C)(C)CC(C)C)cc4)C3)c2)CC1. The quantitative estimate of drug-likeness (QED) is 0.232. The Hall–Kier alpha value is -3.80. The number of ketones is 1. The van der Waals surface area contributed by atoms with Gasteiger partial charge in [0.1, 0.15) is 5.78 Å². The maximum absolute atomic E-state index is 13.1. The average Bonchev–Trinajstić information content (AvgIpc) is 3.42. The fourth-order valence-electron chi connectivity index (χ4n) is 6.73. The van der Waals surface area contributed by atoms with Crippen molar-refractivity contribution in [3.63, 3.8) is 0 Å². The predicted octanol–water partition coefficient (Wildman–Crippen LogP) is 7.73. The monoisotopic (exact) mass is 595 g/mol. The number of aryl methyl sites for hydroxylation is 1. The van der Waals surface area contributed by atoms with Gasteiger partial charge >= 0.3 is 0 Å². The maximum atomic E-state index is 13.1. The molecule has 2 aromatic carbocycles. The molecule has 1 aliphatic heterocycles. The molecule has 44 heavy (non-hydrogen) atoms. The lowest BCUT2D eigenvalue weighted by Crippen LogP contribution is -2.39. The zero-order valence-electron chi connectivity index (χ0n) is 27.2. The van der Waals surface area contributed by atoms with Crippen LogP contribution in [0, 0.1) is 22.7 Å². The molecule has 234 valence electrons. The van der Waals surface area contributed by atoms with Crippen LogP contribution in [0.3, 0.4) is 0 Å². The molecule has 0 aromatic heterocycles. The first kappa shape index (κ1) is 33.1. The van der Waals surface area contributed by atoms with Gasteiger partial charge in [-0.2, -0.15) is 0 Å². The number of hydrogen-bond donors (Lipinski definition) is 2. The first-order valence-electron chi connectivity index (χ1n) is 16.1. The van der Waals surface area contributed by atoms with Gasteiger partial charge in [-0.3, -0.25) is 14.4 Å². The molecule has 2 aromatic rings. The van der Waals surface area contributed by atoms with Gasteiger partial charge in [-0.15, -0.1) is 0 Å². The normalized spacial score (nSPS) is 15.6. The summed E-state index contributed by atoms with van der Waals surface area (Å²) < 4.78 is 0. The van der Waals surface area contributed by atoms with E-state index in [2.05, 4.69) is 45.2 Å². The van der Waals surface area contributed by atoms with Crippen molar-refractivity contribution in [2.45, 2.75) is 86.0 Å². The number of piperidine rings is 1. The second-order valence-corrected chi connectivity index (χ2v) is 13.9. The van der Waals surface area contributed by atoms with Crippen molar-refractivity contribution in [3.05, 3.63) is 94.2 Å². The van der Waals surface area contributed by atoms with E-state index in [-0.39, 0.29) is 28.9 Å². The Labute approximate surface area is 263 Å². The number of nitrogens with one attached hydrogen (secondary N) is 2. The van der Waals surface area contributed by atoms with E-state index >= 15 is 0 Å². The van der Waals surface area contributed by atoms with E-state index in [1.54, 1.807) is 6.92 Å². The summed E-state index contributed by atoms with van der Waals surface area (Å²) in [5.74, 6) is 0.830. The van der Waals surface area contributed by atoms with Gasteiger partial charge in [0.2, 0.25) is 0 Å². The summed E-state index contributed by atoms with van der Waals surface area (Å²) in [7, 11) is 0. The minimum absolute atomic E-state index is 0.0393. The van der Waals surface area contributed by atoms with Gasteiger partial charge < -0.3 is 15.6 Å². The topological polar surface area (TPSA) is 90.3 Å². The lowest BCUT2D eigenvalue weighted by Gasteiger charge is -2.31. The molecule has 4 rings (SSSR count). The minimum Gasteiger partial charge on any atom is -0.339 e. The number of carbonyl (C=O) groups excluding carboxylic acids is 3. The van der Waals surface area contributed by atoms with Crippen molar-refractivity contribution >= 4 is 23.3 Å². The maximum Gasteiger partial charge on any atom is 0.255 e. The van der Waals surface area contributed by atoms with E-state index in [0.717, 1.165) is 61.1 Å². The summed E-state index contributed by atoms with van der Waals surface area (Å²) in [5.41, 5.74) is 6.47. The molecule has 0 unspecified atom stereocenters. The lowest BCUT2D eigenvalue weighted by atomic mass is 9.79. The first-order chi connectivity index (χ1) is 20.9. The minimum atomic E-state index is -0.121. The molecule has 1 heterocycles. The summed E-state index contributed by atoms with van der Waals surface area (Å²) in [5, 5.41) is 11.6. The van der Waals surface area contributed by atoms with Crippen LogP contribution >= 0.6 is 0 Å². The van der Waals surface area contributed by atoms with E-state index in [1.807, 2.05) is 53.4 Å². The van der Waals surface area contributed by atoms with E-state index in [9.17, 15) is 14.4 Å². The summed E-state index contributed by atoms with van der Waals surface area (Å²) >= 11 is 0. The molecule has 0 spiro atoms. The van der Waals surface area contributed by atoms with Gasteiger partial charge in [0.25, 0.3) is 11.8 Å². The van der Waals surface area contributed by atoms with Crippen LogP contribution in [0.5, 0.6) is 0 Å². The van der Waals surface area contributed by atoms with Crippen molar-refractivity contribution in [1.82, 2.24) is 10.2 Å². The van der Waals surface area contributed by atoms with Crippen molar-refractivity contribution < 1.29 is 14.4 Å². The van der Waals surface area contributed by atoms with Crippen molar-refractivity contribution in [1.29, 1.82) is 5.41 Å². The first-order valence-corrected chi connectivity index (χ1v) is 16.1. The number of hydrogen-bond acceptors (Lipinski definition) is 4. The van der Waals surface area contributed by atoms with Crippen LogP contribution in [-0.2, 0) is 17.6 Å². The Morgan fingerprint density at radius 1 is 0.955 bits per heavy atom. The molecule has 1 fully saturated rings. The molecule has 1 saturated heterocycles. The van der Waals surface area contributed by atoms with Crippen LogP contribution in [-0.4, -0.2) is 41.3 Å². The Kier molecular flexibility index (Phi) is 11.1. The molecule has 0 radical (unpaired) electrons. The Bertz CT molecular complexity index is 1420. The molecule has 6 nitrogen and oxygen atoms in total. The van der Waals surface area contributed by atoms with E-state index in [1.165, 1.54) is 5.57 Å². The van der Waals surface area contributed by atoms with Gasteiger partial charge in [0.05, 0.1) is 0 Å². The fraction of sp³-hybridized carbons (Fsp3) is 0.474. The Morgan fingerprint density at radius 2 is 1.66 bits per heavy atom. The largest absolute Gasteiger partial charge is 0.339 e. The molecule has 0 saturated carbocycles. The fourth-order valence-corrected chi connectivity index (χ4v) is 6.73. The van der Waals surface area contributed by atoms with Crippen molar-refractivity contribution in [2.24, 2.45) is 17.3 Å². The van der Waals surface area contributed by atoms with Crippen LogP contribution in [0.25, 0.3) is 0 Å². The van der Waals surface area contributed by atoms with Crippen molar-refractivity contribution in [3.8, 4) is 0 Å². The third-order valence-electron chi connectivity index (χ3n) is 8.76. The predicted molar refractivity (Wildman–Crippen MR) is 178 cm³/mol. The summed E-state index contributed by atoms with van der Waals surface area (Å²) in [6.07, 6.45) is 10.4. The molecule has 2 amide bonds. The molecular weight excluding hydrogens is 546 g/mol. The molecule has 0 bridgehead atoms. The second-order valence-electron chi connectivity index (χ2n) is 13.9. The Balaban J connectivity index is 1.21. The van der Waals surface area contributed by atoms with Gasteiger partial charge in [-0.05, 0) is 98.2 Å². The third kappa shape index (κ3) is 9.60. The van der Waals surface area contributed by atoms with Crippen LogP contribution in [0.1, 0.15) is 105 Å². The molecule has 0 atom stereocenters. The van der Waals surface area contributed by atoms with Gasteiger partial charge in [-0.25, -0.2) is 0 Å².